The normalized spacial score (nSPS) is 12.5. The largest absolute Gasteiger partial charge is 0.341 e. The second-order valence-corrected chi connectivity index (χ2v) is 7.27. The van der Waals surface area contributed by atoms with Crippen molar-refractivity contribution < 1.29 is 4.79 Å². The second kappa shape index (κ2) is 7.40. The van der Waals surface area contributed by atoms with Crippen molar-refractivity contribution in [2.45, 2.75) is 12.5 Å². The number of carbonyl (C=O) groups excluding carboxylic acids is 1. The van der Waals surface area contributed by atoms with E-state index in [1.807, 2.05) is 66.4 Å². The van der Waals surface area contributed by atoms with E-state index in [9.17, 15) is 4.79 Å². The molecule has 0 saturated heterocycles. The van der Waals surface area contributed by atoms with E-state index in [0.717, 1.165) is 34.5 Å². The number of nitrogens with one attached hydrogen (secondary N) is 1. The zero-order valence-corrected chi connectivity index (χ0v) is 16.0. The quantitative estimate of drug-likeness (QED) is 0.557. The van der Waals surface area contributed by atoms with Crippen molar-refractivity contribution in [3.05, 3.63) is 60.2 Å². The van der Waals surface area contributed by atoms with Crippen LogP contribution in [-0.4, -0.2) is 42.3 Å². The molecule has 0 radical (unpaired) electrons. The average Bonchev–Trinajstić information content (AvgIpc) is 3.27. The summed E-state index contributed by atoms with van der Waals surface area (Å²) in [6.07, 6.45) is 4.72. The van der Waals surface area contributed by atoms with Crippen LogP contribution >= 0.6 is 11.8 Å². The van der Waals surface area contributed by atoms with E-state index >= 15 is 0 Å². The summed E-state index contributed by atoms with van der Waals surface area (Å²) in [4.78, 5) is 13.0. The van der Waals surface area contributed by atoms with Crippen LogP contribution in [0.1, 0.15) is 28.8 Å². The summed E-state index contributed by atoms with van der Waals surface area (Å²) in [5, 5.41) is 16.9. The van der Waals surface area contributed by atoms with Crippen LogP contribution in [0.3, 0.4) is 0 Å². The van der Waals surface area contributed by atoms with Crippen molar-refractivity contribution in [3.63, 3.8) is 0 Å². The molecule has 0 bridgehead atoms. The molecule has 7 nitrogen and oxygen atoms in total. The lowest BCUT2D eigenvalue weighted by molar-refractivity contribution is 0.0929. The SMILES string of the molecule is CSCCC(NC(=O)c1nn(C)c2ccccc12)c1nnc2ccccn12. The van der Waals surface area contributed by atoms with Crippen LogP contribution < -0.4 is 5.32 Å². The Morgan fingerprint density at radius 2 is 2.00 bits per heavy atom. The summed E-state index contributed by atoms with van der Waals surface area (Å²) in [6, 6.07) is 13.2. The minimum absolute atomic E-state index is 0.203. The van der Waals surface area contributed by atoms with Gasteiger partial charge >= 0.3 is 0 Å². The van der Waals surface area contributed by atoms with Gasteiger partial charge in [0, 0.05) is 18.6 Å². The highest BCUT2D eigenvalue weighted by Crippen LogP contribution is 2.21. The number of thioether (sulfide) groups is 1. The van der Waals surface area contributed by atoms with Crippen LogP contribution in [-0.2, 0) is 7.05 Å². The molecule has 0 fully saturated rings. The number of aryl methyl sites for hydroxylation is 1. The molecule has 8 heteroatoms. The highest BCUT2D eigenvalue weighted by atomic mass is 32.2. The Morgan fingerprint density at radius 3 is 2.85 bits per heavy atom. The van der Waals surface area contributed by atoms with Gasteiger partial charge in [-0.25, -0.2) is 0 Å². The lowest BCUT2D eigenvalue weighted by Crippen LogP contribution is -2.31. The Morgan fingerprint density at radius 1 is 1.19 bits per heavy atom. The second-order valence-electron chi connectivity index (χ2n) is 6.28. The molecular weight excluding hydrogens is 360 g/mol. The molecule has 0 aliphatic heterocycles. The molecule has 0 spiro atoms. The fraction of sp³-hybridized carbons (Fsp3) is 0.263. The molecule has 0 saturated carbocycles. The molecule has 3 aromatic heterocycles. The zero-order valence-electron chi connectivity index (χ0n) is 15.2. The lowest BCUT2D eigenvalue weighted by Gasteiger charge is -2.16. The first-order valence-electron chi connectivity index (χ1n) is 8.70. The van der Waals surface area contributed by atoms with Gasteiger partial charge in [-0.3, -0.25) is 13.9 Å². The molecule has 1 atom stereocenters. The number of nitrogens with zero attached hydrogens (tertiary/aromatic N) is 5. The van der Waals surface area contributed by atoms with Crippen LogP contribution in [0.25, 0.3) is 16.6 Å². The maximum absolute atomic E-state index is 13.0. The van der Waals surface area contributed by atoms with Crippen molar-refractivity contribution >= 4 is 34.2 Å². The van der Waals surface area contributed by atoms with Gasteiger partial charge in [-0.05, 0) is 36.6 Å². The number of fused-ring (bicyclic) bond motifs is 2. The molecular formula is C19H20N6OS. The molecule has 138 valence electrons. The predicted molar refractivity (Wildman–Crippen MR) is 107 cm³/mol. The summed E-state index contributed by atoms with van der Waals surface area (Å²) in [5.41, 5.74) is 2.12. The highest BCUT2D eigenvalue weighted by Gasteiger charge is 2.23. The van der Waals surface area contributed by atoms with Crippen LogP contribution in [0.5, 0.6) is 0 Å². The van der Waals surface area contributed by atoms with Gasteiger partial charge in [-0.15, -0.1) is 10.2 Å². The Bertz CT molecular complexity index is 1100. The molecule has 1 aromatic carbocycles. The molecule has 4 aromatic rings. The molecule has 1 N–H and O–H groups in total. The number of amides is 1. The predicted octanol–water partition coefficient (Wildman–Crippen LogP) is 2.84. The Labute approximate surface area is 160 Å². The minimum atomic E-state index is -0.247. The van der Waals surface area contributed by atoms with Gasteiger partial charge < -0.3 is 5.32 Å². The summed E-state index contributed by atoms with van der Waals surface area (Å²) in [6.45, 7) is 0. The third-order valence-electron chi connectivity index (χ3n) is 4.54. The smallest absolute Gasteiger partial charge is 0.273 e. The van der Waals surface area contributed by atoms with E-state index in [1.165, 1.54) is 0 Å². The number of pyridine rings is 1. The first-order valence-corrected chi connectivity index (χ1v) is 10.1. The van der Waals surface area contributed by atoms with Crippen molar-refractivity contribution in [2.24, 2.45) is 7.05 Å². The average molecular weight is 380 g/mol. The fourth-order valence-corrected chi connectivity index (χ4v) is 3.68. The van der Waals surface area contributed by atoms with Gasteiger partial charge in [-0.1, -0.05) is 24.3 Å². The fourth-order valence-electron chi connectivity index (χ4n) is 3.21. The number of para-hydroxylation sites is 1. The third-order valence-corrected chi connectivity index (χ3v) is 5.18. The van der Waals surface area contributed by atoms with Crippen LogP contribution in [0.2, 0.25) is 0 Å². The molecule has 0 aliphatic carbocycles. The third kappa shape index (κ3) is 3.28. The number of rotatable bonds is 6. The van der Waals surface area contributed by atoms with Gasteiger partial charge in [0.1, 0.15) is 0 Å². The van der Waals surface area contributed by atoms with Gasteiger partial charge in [0.05, 0.1) is 11.6 Å². The maximum Gasteiger partial charge on any atom is 0.273 e. The highest BCUT2D eigenvalue weighted by molar-refractivity contribution is 7.98. The van der Waals surface area contributed by atoms with Crippen molar-refractivity contribution in [1.29, 1.82) is 0 Å². The summed E-state index contributed by atoms with van der Waals surface area (Å²) < 4.78 is 3.65. The molecule has 1 unspecified atom stereocenters. The Hall–Kier alpha value is -2.87. The van der Waals surface area contributed by atoms with Gasteiger partial charge in [0.2, 0.25) is 0 Å². The molecule has 3 heterocycles. The first kappa shape index (κ1) is 17.5. The molecule has 0 aliphatic rings. The van der Waals surface area contributed by atoms with E-state index in [-0.39, 0.29) is 11.9 Å². The number of benzene rings is 1. The van der Waals surface area contributed by atoms with E-state index in [2.05, 4.69) is 20.6 Å². The summed E-state index contributed by atoms with van der Waals surface area (Å²) >= 11 is 1.73. The van der Waals surface area contributed by atoms with Crippen molar-refractivity contribution in [2.75, 3.05) is 12.0 Å². The summed E-state index contributed by atoms with van der Waals surface area (Å²) in [7, 11) is 1.84. The van der Waals surface area contributed by atoms with Gasteiger partial charge in [-0.2, -0.15) is 16.9 Å². The Kier molecular flexibility index (Phi) is 4.81. The number of carbonyl (C=O) groups is 1. The monoisotopic (exact) mass is 380 g/mol. The lowest BCUT2D eigenvalue weighted by atomic mass is 10.1. The van der Waals surface area contributed by atoms with E-state index in [4.69, 9.17) is 0 Å². The topological polar surface area (TPSA) is 77.1 Å². The number of hydrogen-bond acceptors (Lipinski definition) is 5. The zero-order chi connectivity index (χ0) is 18.8. The number of aromatic nitrogens is 5. The van der Waals surface area contributed by atoms with Crippen LogP contribution in [0.15, 0.2) is 48.7 Å². The van der Waals surface area contributed by atoms with E-state index < -0.39 is 0 Å². The summed E-state index contributed by atoms with van der Waals surface area (Å²) in [5.74, 6) is 1.43. The number of hydrogen-bond donors (Lipinski definition) is 1. The van der Waals surface area contributed by atoms with Gasteiger partial charge in [0.15, 0.2) is 17.2 Å². The molecule has 27 heavy (non-hydrogen) atoms. The first-order chi connectivity index (χ1) is 13.2. The minimum Gasteiger partial charge on any atom is -0.341 e. The van der Waals surface area contributed by atoms with Crippen molar-refractivity contribution in [3.8, 4) is 0 Å². The maximum atomic E-state index is 13.0. The van der Waals surface area contributed by atoms with E-state index in [1.54, 1.807) is 16.4 Å². The van der Waals surface area contributed by atoms with Gasteiger partial charge in [0.25, 0.3) is 5.91 Å². The van der Waals surface area contributed by atoms with Crippen LogP contribution in [0, 0.1) is 0 Å². The van der Waals surface area contributed by atoms with E-state index in [0.29, 0.717) is 5.69 Å². The van der Waals surface area contributed by atoms with Crippen molar-refractivity contribution in [1.82, 2.24) is 29.7 Å². The standard InChI is InChI=1S/C19H20N6OS/c1-24-15-8-4-3-7-13(15)17(23-24)19(26)20-14(10-12-27-2)18-22-21-16-9-5-6-11-25(16)18/h3-9,11,14H,10,12H2,1-2H3,(H,20,26). The molecule has 4 rings (SSSR count). The Balaban J connectivity index is 1.68. The van der Waals surface area contributed by atoms with Crippen LogP contribution in [0.4, 0.5) is 0 Å². The molecule has 1 amide bonds.